The Morgan fingerprint density at radius 1 is 1.16 bits per heavy atom. The normalized spacial score (nSPS) is 10.8. The van der Waals surface area contributed by atoms with E-state index in [0.717, 1.165) is 12.1 Å². The number of amides is 1. The lowest BCUT2D eigenvalue weighted by molar-refractivity contribution is -0.123. The van der Waals surface area contributed by atoms with Crippen LogP contribution >= 0.6 is 0 Å². The Kier molecular flexibility index (Phi) is 5.82. The summed E-state index contributed by atoms with van der Waals surface area (Å²) in [6.45, 7) is 4.65. The van der Waals surface area contributed by atoms with Crippen LogP contribution in [0, 0.1) is 23.4 Å². The van der Waals surface area contributed by atoms with Crippen molar-refractivity contribution >= 4 is 5.91 Å². The molecule has 2 N–H and O–H groups in total. The van der Waals surface area contributed by atoms with Gasteiger partial charge in [-0.2, -0.15) is 0 Å². The van der Waals surface area contributed by atoms with Crippen LogP contribution in [-0.2, 0) is 11.3 Å². The molecule has 1 aromatic rings. The number of carbonyl (C=O) groups excluding carboxylic acids is 1. The minimum absolute atomic E-state index is 0.0549. The number of rotatable bonds is 6. The molecule has 0 bridgehead atoms. The van der Waals surface area contributed by atoms with Crippen molar-refractivity contribution in [2.24, 2.45) is 5.92 Å². The van der Waals surface area contributed by atoms with E-state index in [1.165, 1.54) is 0 Å². The van der Waals surface area contributed by atoms with E-state index in [9.17, 15) is 18.0 Å². The molecule has 0 heterocycles. The molecular formula is C13H17F3N2O. The SMILES string of the molecule is CC(C)C(=O)NCCNCc1cc(F)c(F)c(F)c1. The first kappa shape index (κ1) is 15.5. The second-order valence-corrected chi connectivity index (χ2v) is 4.50. The topological polar surface area (TPSA) is 41.1 Å². The second-order valence-electron chi connectivity index (χ2n) is 4.50. The zero-order chi connectivity index (χ0) is 14.4. The van der Waals surface area contributed by atoms with Gasteiger partial charge in [-0.1, -0.05) is 13.8 Å². The van der Waals surface area contributed by atoms with Crippen LogP contribution < -0.4 is 10.6 Å². The molecule has 0 aliphatic rings. The lowest BCUT2D eigenvalue weighted by atomic mass is 10.2. The molecule has 0 aliphatic carbocycles. The summed E-state index contributed by atoms with van der Waals surface area (Å²) in [5.41, 5.74) is 0.312. The van der Waals surface area contributed by atoms with Crippen LogP contribution in [0.5, 0.6) is 0 Å². The molecule has 0 saturated heterocycles. The molecule has 0 saturated carbocycles. The van der Waals surface area contributed by atoms with Crippen molar-refractivity contribution in [3.63, 3.8) is 0 Å². The summed E-state index contributed by atoms with van der Waals surface area (Å²) >= 11 is 0. The number of benzene rings is 1. The lowest BCUT2D eigenvalue weighted by Crippen LogP contribution is -2.34. The Hall–Kier alpha value is -1.56. The Morgan fingerprint density at radius 3 is 2.26 bits per heavy atom. The minimum Gasteiger partial charge on any atom is -0.355 e. The van der Waals surface area contributed by atoms with Gasteiger partial charge >= 0.3 is 0 Å². The summed E-state index contributed by atoms with van der Waals surface area (Å²) in [5.74, 6) is -4.01. The predicted molar refractivity (Wildman–Crippen MR) is 65.9 cm³/mol. The van der Waals surface area contributed by atoms with E-state index in [0.29, 0.717) is 18.7 Å². The van der Waals surface area contributed by atoms with E-state index in [-0.39, 0.29) is 18.4 Å². The fourth-order valence-electron chi connectivity index (χ4n) is 1.42. The molecule has 0 atom stereocenters. The molecule has 0 spiro atoms. The van der Waals surface area contributed by atoms with E-state index in [1.807, 2.05) is 0 Å². The van der Waals surface area contributed by atoms with Crippen molar-refractivity contribution in [3.8, 4) is 0 Å². The summed E-state index contributed by atoms with van der Waals surface area (Å²) in [6.07, 6.45) is 0. The average molecular weight is 274 g/mol. The molecule has 6 heteroatoms. The maximum atomic E-state index is 12.9. The fraction of sp³-hybridized carbons (Fsp3) is 0.462. The number of hydrogen-bond donors (Lipinski definition) is 2. The molecular weight excluding hydrogens is 257 g/mol. The van der Waals surface area contributed by atoms with Crippen LogP contribution in [-0.4, -0.2) is 19.0 Å². The van der Waals surface area contributed by atoms with Crippen LogP contribution in [0.2, 0.25) is 0 Å². The van der Waals surface area contributed by atoms with Crippen molar-refractivity contribution < 1.29 is 18.0 Å². The first-order valence-electron chi connectivity index (χ1n) is 6.03. The van der Waals surface area contributed by atoms with Gasteiger partial charge in [0, 0.05) is 25.6 Å². The third-order valence-corrected chi connectivity index (χ3v) is 2.50. The summed E-state index contributed by atoms with van der Waals surface area (Å²) in [5, 5.41) is 5.59. The third-order valence-electron chi connectivity index (χ3n) is 2.50. The summed E-state index contributed by atoms with van der Waals surface area (Å²) < 4.78 is 38.5. The standard InChI is InChI=1S/C13H17F3N2O/c1-8(2)13(19)18-4-3-17-7-9-5-10(14)12(16)11(15)6-9/h5-6,8,17H,3-4,7H2,1-2H3,(H,18,19). The molecule has 19 heavy (non-hydrogen) atoms. The molecule has 3 nitrogen and oxygen atoms in total. The monoisotopic (exact) mass is 274 g/mol. The van der Waals surface area contributed by atoms with Gasteiger partial charge in [-0.05, 0) is 17.7 Å². The van der Waals surface area contributed by atoms with Crippen LogP contribution in [0.25, 0.3) is 0 Å². The number of hydrogen-bond acceptors (Lipinski definition) is 2. The quantitative estimate of drug-likeness (QED) is 0.615. The molecule has 106 valence electrons. The molecule has 0 radical (unpaired) electrons. The Balaban J connectivity index is 2.32. The minimum atomic E-state index is -1.46. The zero-order valence-electron chi connectivity index (χ0n) is 10.9. The Bertz CT molecular complexity index is 427. The molecule has 1 aromatic carbocycles. The smallest absolute Gasteiger partial charge is 0.222 e. The molecule has 0 unspecified atom stereocenters. The van der Waals surface area contributed by atoms with Gasteiger partial charge in [-0.3, -0.25) is 4.79 Å². The van der Waals surface area contributed by atoms with Gasteiger partial charge in [0.2, 0.25) is 5.91 Å². The first-order valence-corrected chi connectivity index (χ1v) is 6.03. The predicted octanol–water partition coefficient (Wildman–Crippen LogP) is 1.97. The maximum absolute atomic E-state index is 12.9. The molecule has 1 rings (SSSR count). The first-order chi connectivity index (χ1) is 8.91. The second kappa shape index (κ2) is 7.13. The van der Waals surface area contributed by atoms with Crippen molar-refractivity contribution in [3.05, 3.63) is 35.1 Å². The van der Waals surface area contributed by atoms with Gasteiger partial charge in [0.1, 0.15) is 0 Å². The van der Waals surface area contributed by atoms with Gasteiger partial charge in [0.05, 0.1) is 0 Å². The lowest BCUT2D eigenvalue weighted by Gasteiger charge is -2.09. The highest BCUT2D eigenvalue weighted by Gasteiger charge is 2.10. The number of halogens is 3. The third kappa shape index (κ3) is 4.90. The van der Waals surface area contributed by atoms with Crippen molar-refractivity contribution in [2.45, 2.75) is 20.4 Å². The molecule has 0 aliphatic heterocycles. The van der Waals surface area contributed by atoms with E-state index < -0.39 is 17.5 Å². The van der Waals surface area contributed by atoms with Crippen molar-refractivity contribution in [1.82, 2.24) is 10.6 Å². The van der Waals surface area contributed by atoms with Crippen molar-refractivity contribution in [2.75, 3.05) is 13.1 Å². The summed E-state index contributed by atoms with van der Waals surface area (Å²) in [7, 11) is 0. The average Bonchev–Trinajstić information content (AvgIpc) is 2.34. The summed E-state index contributed by atoms with van der Waals surface area (Å²) in [6, 6.07) is 1.89. The van der Waals surface area contributed by atoms with Crippen LogP contribution in [0.15, 0.2) is 12.1 Å². The molecule has 1 amide bonds. The van der Waals surface area contributed by atoms with Gasteiger partial charge in [0.25, 0.3) is 0 Å². The molecule has 0 fully saturated rings. The number of carbonyl (C=O) groups is 1. The van der Waals surface area contributed by atoms with Crippen LogP contribution in [0.1, 0.15) is 19.4 Å². The van der Waals surface area contributed by atoms with Crippen LogP contribution in [0.3, 0.4) is 0 Å². The molecule has 0 aromatic heterocycles. The van der Waals surface area contributed by atoms with Gasteiger partial charge in [-0.15, -0.1) is 0 Å². The van der Waals surface area contributed by atoms with Gasteiger partial charge < -0.3 is 10.6 Å². The Labute approximate surface area is 110 Å². The van der Waals surface area contributed by atoms with Crippen LogP contribution in [0.4, 0.5) is 13.2 Å². The van der Waals surface area contributed by atoms with E-state index in [2.05, 4.69) is 10.6 Å². The highest BCUT2D eigenvalue weighted by atomic mass is 19.2. The highest BCUT2D eigenvalue weighted by Crippen LogP contribution is 2.13. The van der Waals surface area contributed by atoms with Crippen molar-refractivity contribution in [1.29, 1.82) is 0 Å². The zero-order valence-corrected chi connectivity index (χ0v) is 10.9. The van der Waals surface area contributed by atoms with E-state index in [1.54, 1.807) is 13.8 Å². The van der Waals surface area contributed by atoms with Gasteiger partial charge in [-0.25, -0.2) is 13.2 Å². The van der Waals surface area contributed by atoms with Gasteiger partial charge in [0.15, 0.2) is 17.5 Å². The van der Waals surface area contributed by atoms with E-state index >= 15 is 0 Å². The fourth-order valence-corrected chi connectivity index (χ4v) is 1.42. The maximum Gasteiger partial charge on any atom is 0.222 e. The number of nitrogens with one attached hydrogen (secondary N) is 2. The largest absolute Gasteiger partial charge is 0.355 e. The highest BCUT2D eigenvalue weighted by molar-refractivity contribution is 5.77. The Morgan fingerprint density at radius 2 is 1.74 bits per heavy atom. The summed E-state index contributed by atoms with van der Waals surface area (Å²) in [4.78, 5) is 11.2. The van der Waals surface area contributed by atoms with E-state index in [4.69, 9.17) is 0 Å².